The average Bonchev–Trinajstić information content (AvgIpc) is 3.03. The number of hydrogen-bond donors (Lipinski definition) is 1. The number of carbonyl (C=O) groups is 1. The molecule has 0 spiro atoms. The molecular weight excluding hydrogens is 293 g/mol. The van der Waals surface area contributed by atoms with Gasteiger partial charge in [0, 0.05) is 30.7 Å². The van der Waals surface area contributed by atoms with Crippen molar-refractivity contribution >= 4 is 12.0 Å². The minimum Gasteiger partial charge on any atom is -0.372 e. The maximum absolute atomic E-state index is 12.3. The van der Waals surface area contributed by atoms with Gasteiger partial charge in [-0.2, -0.15) is 13.2 Å². The van der Waals surface area contributed by atoms with Crippen molar-refractivity contribution in [1.29, 1.82) is 0 Å². The molecule has 1 N–H and O–H groups in total. The molecule has 0 radical (unpaired) electrons. The summed E-state index contributed by atoms with van der Waals surface area (Å²) < 4.78 is 36.9. The van der Waals surface area contributed by atoms with Crippen molar-refractivity contribution < 1.29 is 18.0 Å². The first-order valence-corrected chi connectivity index (χ1v) is 7.29. The van der Waals surface area contributed by atoms with Gasteiger partial charge in [-0.1, -0.05) is 31.2 Å². The van der Waals surface area contributed by atoms with Crippen LogP contribution in [0.4, 0.5) is 13.2 Å². The van der Waals surface area contributed by atoms with E-state index in [9.17, 15) is 18.0 Å². The Kier molecular flexibility index (Phi) is 3.62. The summed E-state index contributed by atoms with van der Waals surface area (Å²) in [7, 11) is 0. The Morgan fingerprint density at radius 2 is 2.05 bits per heavy atom. The Labute approximate surface area is 126 Å². The minimum atomic E-state index is -4.82. The van der Waals surface area contributed by atoms with Crippen LogP contribution in [0.3, 0.4) is 0 Å². The molecule has 1 aromatic rings. The van der Waals surface area contributed by atoms with Gasteiger partial charge in [0.05, 0.1) is 0 Å². The molecule has 1 amide bonds. The van der Waals surface area contributed by atoms with Gasteiger partial charge in [-0.3, -0.25) is 4.79 Å². The number of allylic oxidation sites excluding steroid dienone is 1. The normalized spacial score (nSPS) is 24.2. The first kappa shape index (κ1) is 14.9. The van der Waals surface area contributed by atoms with Gasteiger partial charge in [-0.15, -0.1) is 0 Å². The van der Waals surface area contributed by atoms with Crippen molar-refractivity contribution in [2.75, 3.05) is 13.1 Å². The second-order valence-corrected chi connectivity index (χ2v) is 5.82. The predicted molar refractivity (Wildman–Crippen MR) is 77.0 cm³/mol. The van der Waals surface area contributed by atoms with Crippen molar-refractivity contribution in [2.24, 2.45) is 0 Å². The average molecular weight is 310 g/mol. The van der Waals surface area contributed by atoms with E-state index in [2.05, 4.69) is 29.3 Å². The first-order valence-electron chi connectivity index (χ1n) is 7.29. The molecule has 1 fully saturated rings. The number of fused-ring (bicyclic) bond motifs is 1. The summed E-state index contributed by atoms with van der Waals surface area (Å²) in [6.07, 6.45) is -2.19. The van der Waals surface area contributed by atoms with Gasteiger partial charge in [0.2, 0.25) is 0 Å². The summed E-state index contributed by atoms with van der Waals surface area (Å²) in [6.45, 7) is 3.18. The molecule has 1 aliphatic heterocycles. The SMILES string of the molecule is CC1C(N2CCC(NC(=O)C(F)(F)F)C2)=Cc2ccccc21. The van der Waals surface area contributed by atoms with Crippen LogP contribution >= 0.6 is 0 Å². The molecule has 2 aliphatic rings. The molecule has 1 saturated heterocycles. The first-order chi connectivity index (χ1) is 10.4. The minimum absolute atomic E-state index is 0.230. The number of rotatable bonds is 2. The van der Waals surface area contributed by atoms with E-state index in [-0.39, 0.29) is 5.92 Å². The largest absolute Gasteiger partial charge is 0.471 e. The Bertz CT molecular complexity index is 624. The van der Waals surface area contributed by atoms with E-state index in [4.69, 9.17) is 0 Å². The molecule has 6 heteroatoms. The van der Waals surface area contributed by atoms with Crippen molar-refractivity contribution in [3.63, 3.8) is 0 Å². The van der Waals surface area contributed by atoms with E-state index in [0.29, 0.717) is 19.5 Å². The summed E-state index contributed by atoms with van der Waals surface area (Å²) in [6, 6.07) is 7.62. The van der Waals surface area contributed by atoms with Crippen LogP contribution in [0, 0.1) is 0 Å². The van der Waals surface area contributed by atoms with Crippen molar-refractivity contribution in [3.8, 4) is 0 Å². The highest BCUT2D eigenvalue weighted by atomic mass is 19.4. The van der Waals surface area contributed by atoms with E-state index in [0.717, 1.165) is 11.3 Å². The maximum atomic E-state index is 12.3. The summed E-state index contributed by atoms with van der Waals surface area (Å²) in [4.78, 5) is 13.1. The fourth-order valence-corrected chi connectivity index (χ4v) is 3.23. The Balaban J connectivity index is 1.66. The smallest absolute Gasteiger partial charge is 0.372 e. The zero-order chi connectivity index (χ0) is 15.9. The molecule has 0 bridgehead atoms. The lowest BCUT2D eigenvalue weighted by molar-refractivity contribution is -0.174. The Hall–Kier alpha value is -1.98. The fourth-order valence-electron chi connectivity index (χ4n) is 3.23. The highest BCUT2D eigenvalue weighted by Crippen LogP contribution is 2.38. The zero-order valence-electron chi connectivity index (χ0n) is 12.2. The topological polar surface area (TPSA) is 32.3 Å². The molecule has 0 aromatic heterocycles. The lowest BCUT2D eigenvalue weighted by Crippen LogP contribution is -2.44. The van der Waals surface area contributed by atoms with Crippen molar-refractivity contribution in [2.45, 2.75) is 31.5 Å². The van der Waals surface area contributed by atoms with Gasteiger partial charge in [-0.05, 0) is 23.6 Å². The molecule has 2 atom stereocenters. The third-order valence-corrected chi connectivity index (χ3v) is 4.36. The number of nitrogens with zero attached hydrogens (tertiary/aromatic N) is 1. The van der Waals surface area contributed by atoms with Gasteiger partial charge in [-0.25, -0.2) is 0 Å². The summed E-state index contributed by atoms with van der Waals surface area (Å²) in [5.74, 6) is -1.62. The van der Waals surface area contributed by atoms with E-state index in [1.54, 1.807) is 0 Å². The van der Waals surface area contributed by atoms with Crippen LogP contribution in [0.5, 0.6) is 0 Å². The van der Waals surface area contributed by atoms with Gasteiger partial charge >= 0.3 is 12.1 Å². The zero-order valence-corrected chi connectivity index (χ0v) is 12.2. The van der Waals surface area contributed by atoms with Crippen LogP contribution in [0.15, 0.2) is 30.0 Å². The predicted octanol–water partition coefficient (Wildman–Crippen LogP) is 2.90. The molecule has 0 saturated carbocycles. The standard InChI is InChI=1S/C16H17F3N2O/c1-10-13-5-3-2-4-11(13)8-14(10)21-7-6-12(9-21)20-15(22)16(17,18)19/h2-5,8,10,12H,6-7,9H2,1H3,(H,20,22). The number of benzene rings is 1. The maximum Gasteiger partial charge on any atom is 0.471 e. The molecule has 3 rings (SSSR count). The summed E-state index contributed by atoms with van der Waals surface area (Å²) in [5, 5.41) is 2.08. The highest BCUT2D eigenvalue weighted by molar-refractivity contribution is 5.82. The number of carbonyl (C=O) groups excluding carboxylic acids is 1. The molecular formula is C16H17F3N2O. The third kappa shape index (κ3) is 2.69. The highest BCUT2D eigenvalue weighted by Gasteiger charge is 2.41. The molecule has 1 aliphatic carbocycles. The second kappa shape index (κ2) is 5.34. The molecule has 1 aromatic carbocycles. The number of alkyl halides is 3. The quantitative estimate of drug-likeness (QED) is 0.911. The van der Waals surface area contributed by atoms with Gasteiger partial charge < -0.3 is 10.2 Å². The van der Waals surface area contributed by atoms with Crippen LogP contribution in [0.1, 0.15) is 30.4 Å². The lowest BCUT2D eigenvalue weighted by atomic mass is 10.0. The molecule has 2 unspecified atom stereocenters. The molecule has 3 nitrogen and oxygen atoms in total. The van der Waals surface area contributed by atoms with E-state index in [1.807, 2.05) is 18.2 Å². The van der Waals surface area contributed by atoms with Crippen LogP contribution in [-0.2, 0) is 4.79 Å². The Morgan fingerprint density at radius 3 is 2.73 bits per heavy atom. The second-order valence-electron chi connectivity index (χ2n) is 5.82. The monoisotopic (exact) mass is 310 g/mol. The number of nitrogens with one attached hydrogen (secondary N) is 1. The van der Waals surface area contributed by atoms with Crippen LogP contribution in [0.25, 0.3) is 6.08 Å². The van der Waals surface area contributed by atoms with E-state index in [1.165, 1.54) is 5.56 Å². The molecule has 1 heterocycles. The van der Waals surface area contributed by atoms with Gasteiger partial charge in [0.25, 0.3) is 0 Å². The fraction of sp³-hybridized carbons (Fsp3) is 0.438. The van der Waals surface area contributed by atoms with Crippen LogP contribution in [0.2, 0.25) is 0 Å². The van der Waals surface area contributed by atoms with Crippen molar-refractivity contribution in [3.05, 3.63) is 41.1 Å². The van der Waals surface area contributed by atoms with Crippen LogP contribution in [-0.4, -0.2) is 36.1 Å². The van der Waals surface area contributed by atoms with Gasteiger partial charge in [0.15, 0.2) is 0 Å². The Morgan fingerprint density at radius 1 is 1.32 bits per heavy atom. The van der Waals surface area contributed by atoms with Crippen molar-refractivity contribution in [1.82, 2.24) is 10.2 Å². The van der Waals surface area contributed by atoms with E-state index >= 15 is 0 Å². The summed E-state index contributed by atoms with van der Waals surface area (Å²) >= 11 is 0. The van der Waals surface area contributed by atoms with Crippen LogP contribution < -0.4 is 5.32 Å². The third-order valence-electron chi connectivity index (χ3n) is 4.36. The number of halogens is 3. The molecule has 22 heavy (non-hydrogen) atoms. The van der Waals surface area contributed by atoms with E-state index < -0.39 is 18.1 Å². The lowest BCUT2D eigenvalue weighted by Gasteiger charge is -2.24. The number of likely N-dealkylation sites (tertiary alicyclic amines) is 1. The number of amides is 1. The summed E-state index contributed by atoms with van der Waals surface area (Å²) in [5.41, 5.74) is 3.51. The van der Waals surface area contributed by atoms with Gasteiger partial charge in [0.1, 0.15) is 0 Å². The molecule has 118 valence electrons. The number of hydrogen-bond acceptors (Lipinski definition) is 2.